The highest BCUT2D eigenvalue weighted by molar-refractivity contribution is 7.90. The summed E-state index contributed by atoms with van der Waals surface area (Å²) < 4.78 is 70.7. The molecule has 3 heterocycles. The molecule has 2 aliphatic heterocycles. The maximum Gasteiger partial charge on any atom is 0.422 e. The molecule has 0 radical (unpaired) electrons. The summed E-state index contributed by atoms with van der Waals surface area (Å²) in [6.45, 7) is -1.13. The average molecular weight is 468 g/mol. The van der Waals surface area contributed by atoms with Crippen LogP contribution in [0.3, 0.4) is 0 Å². The maximum absolute atomic E-state index is 12.9. The normalized spacial score (nSPS) is 19.4. The fourth-order valence-corrected chi connectivity index (χ4v) is 4.94. The van der Waals surface area contributed by atoms with E-state index in [2.05, 4.69) is 14.7 Å². The summed E-state index contributed by atoms with van der Waals surface area (Å²) in [5, 5.41) is 2.69. The maximum atomic E-state index is 12.9. The zero-order valence-electron chi connectivity index (χ0n) is 16.7. The van der Waals surface area contributed by atoms with E-state index in [0.29, 0.717) is 30.5 Å². The quantitative estimate of drug-likeness (QED) is 0.723. The monoisotopic (exact) mass is 468 g/mol. The van der Waals surface area contributed by atoms with Crippen LogP contribution in [0.25, 0.3) is 0 Å². The van der Waals surface area contributed by atoms with Crippen molar-refractivity contribution in [3.05, 3.63) is 53.7 Å². The number of amidine groups is 1. The number of nitrogens with zero attached hydrogens (tertiary/aromatic N) is 3. The van der Waals surface area contributed by atoms with Crippen LogP contribution in [0.2, 0.25) is 0 Å². The predicted octanol–water partition coefficient (Wildman–Crippen LogP) is 2.25. The second-order valence-electron chi connectivity index (χ2n) is 7.33. The van der Waals surface area contributed by atoms with Gasteiger partial charge in [-0.05, 0) is 31.0 Å². The lowest BCUT2D eigenvalue weighted by atomic mass is 10.1. The van der Waals surface area contributed by atoms with Gasteiger partial charge in [0.05, 0.1) is 0 Å². The number of benzene rings is 1. The summed E-state index contributed by atoms with van der Waals surface area (Å²) in [4.78, 5) is 18.5. The number of hydrogen-bond donors (Lipinski definition) is 1. The second kappa shape index (κ2) is 8.41. The van der Waals surface area contributed by atoms with Gasteiger partial charge in [-0.3, -0.25) is 4.79 Å². The highest BCUT2D eigenvalue weighted by atomic mass is 32.2. The Balaban J connectivity index is 1.47. The number of pyridine rings is 1. The number of carbonyl (C=O) groups excluding carboxylic acids is 1. The third-order valence-corrected chi connectivity index (χ3v) is 6.44. The first-order valence-corrected chi connectivity index (χ1v) is 11.2. The molecule has 0 spiro atoms. The Morgan fingerprint density at radius 1 is 1.22 bits per heavy atom. The van der Waals surface area contributed by atoms with Crippen molar-refractivity contribution in [2.24, 2.45) is 4.40 Å². The molecule has 0 saturated carbocycles. The van der Waals surface area contributed by atoms with E-state index in [-0.39, 0.29) is 23.2 Å². The van der Waals surface area contributed by atoms with Gasteiger partial charge in [0.2, 0.25) is 11.8 Å². The number of rotatable bonds is 5. The molecule has 32 heavy (non-hydrogen) atoms. The summed E-state index contributed by atoms with van der Waals surface area (Å²) in [5.74, 6) is -0.375. The molecule has 2 aromatic rings. The molecular weight excluding hydrogens is 449 g/mol. The molecule has 8 nitrogen and oxygen atoms in total. The standard InChI is InChI=1S/C20H19F3N4O4S/c21-20(22,23)12-31-19-13(5-3-9-24-19)11-25-18(28)15-7-4-10-27(15)17-14-6-1-2-8-16(14)32(29,30)26-17/h1-3,5-6,8-9,15H,4,7,10-12H2,(H,25,28)/t15-/m0/s1. The third-order valence-electron chi connectivity index (χ3n) is 5.12. The predicted molar refractivity (Wildman–Crippen MR) is 108 cm³/mol. The molecule has 12 heteroatoms. The lowest BCUT2D eigenvalue weighted by Gasteiger charge is -2.25. The molecule has 170 valence electrons. The van der Waals surface area contributed by atoms with Gasteiger partial charge in [-0.1, -0.05) is 18.2 Å². The van der Waals surface area contributed by atoms with Gasteiger partial charge in [-0.25, -0.2) is 4.98 Å². The van der Waals surface area contributed by atoms with Crippen LogP contribution in [-0.4, -0.2) is 55.4 Å². The van der Waals surface area contributed by atoms with Crippen LogP contribution in [0, 0.1) is 0 Å². The lowest BCUT2D eigenvalue weighted by Crippen LogP contribution is -2.45. The van der Waals surface area contributed by atoms with Crippen molar-refractivity contribution in [2.75, 3.05) is 13.2 Å². The molecule has 1 saturated heterocycles. The largest absolute Gasteiger partial charge is 0.468 e. The number of nitrogens with one attached hydrogen (secondary N) is 1. The zero-order valence-corrected chi connectivity index (χ0v) is 17.5. The zero-order chi connectivity index (χ0) is 22.9. The minimum Gasteiger partial charge on any atom is -0.468 e. The second-order valence-corrected chi connectivity index (χ2v) is 8.90. The topological polar surface area (TPSA) is 101 Å². The summed E-state index contributed by atoms with van der Waals surface area (Å²) in [7, 11) is -3.82. The van der Waals surface area contributed by atoms with Gasteiger partial charge in [0.1, 0.15) is 10.9 Å². The first-order chi connectivity index (χ1) is 15.2. The minimum atomic E-state index is -4.51. The van der Waals surface area contributed by atoms with Crippen LogP contribution in [0.15, 0.2) is 51.9 Å². The minimum absolute atomic E-state index is 0.0917. The molecule has 1 aromatic heterocycles. The van der Waals surface area contributed by atoms with Crippen molar-refractivity contribution in [1.29, 1.82) is 0 Å². The Bertz CT molecular complexity index is 1170. The van der Waals surface area contributed by atoms with Crippen molar-refractivity contribution in [3.8, 4) is 5.88 Å². The number of halogens is 3. The van der Waals surface area contributed by atoms with Gasteiger partial charge in [0.15, 0.2) is 12.4 Å². The van der Waals surface area contributed by atoms with Gasteiger partial charge in [0.25, 0.3) is 10.0 Å². The van der Waals surface area contributed by atoms with Gasteiger partial charge >= 0.3 is 6.18 Å². The number of aromatic nitrogens is 1. The van der Waals surface area contributed by atoms with E-state index in [4.69, 9.17) is 4.74 Å². The van der Waals surface area contributed by atoms with E-state index in [9.17, 15) is 26.4 Å². The molecule has 1 amide bonds. The van der Waals surface area contributed by atoms with E-state index >= 15 is 0 Å². The first-order valence-electron chi connectivity index (χ1n) is 9.78. The Labute approximate surface area is 182 Å². The number of ether oxygens (including phenoxy) is 1. The molecule has 0 unspecified atom stereocenters. The van der Waals surface area contributed by atoms with Crippen molar-refractivity contribution in [3.63, 3.8) is 0 Å². The molecule has 1 fully saturated rings. The van der Waals surface area contributed by atoms with Crippen LogP contribution in [-0.2, 0) is 21.4 Å². The molecule has 1 N–H and O–H groups in total. The third kappa shape index (κ3) is 4.54. The number of likely N-dealkylation sites (tertiary alicyclic amines) is 1. The van der Waals surface area contributed by atoms with E-state index < -0.39 is 34.8 Å². The molecule has 4 rings (SSSR count). The van der Waals surface area contributed by atoms with Crippen LogP contribution >= 0.6 is 0 Å². The van der Waals surface area contributed by atoms with E-state index in [0.717, 1.165) is 0 Å². The van der Waals surface area contributed by atoms with Gasteiger partial charge in [-0.15, -0.1) is 4.40 Å². The van der Waals surface area contributed by atoms with Crippen LogP contribution in [0.5, 0.6) is 5.88 Å². The van der Waals surface area contributed by atoms with Crippen molar-refractivity contribution < 1.29 is 31.1 Å². The van der Waals surface area contributed by atoms with Crippen molar-refractivity contribution in [1.82, 2.24) is 15.2 Å². The average Bonchev–Trinajstić information content (AvgIpc) is 3.33. The number of carbonyl (C=O) groups is 1. The molecule has 0 aliphatic carbocycles. The van der Waals surface area contributed by atoms with Crippen molar-refractivity contribution in [2.45, 2.75) is 36.5 Å². The van der Waals surface area contributed by atoms with Crippen LogP contribution in [0.4, 0.5) is 13.2 Å². The van der Waals surface area contributed by atoms with Gasteiger partial charge in [0, 0.05) is 30.4 Å². The Morgan fingerprint density at radius 2 is 2.00 bits per heavy atom. The number of hydrogen-bond acceptors (Lipinski definition) is 6. The number of fused-ring (bicyclic) bond motifs is 1. The highest BCUT2D eigenvalue weighted by Crippen LogP contribution is 2.31. The van der Waals surface area contributed by atoms with E-state index in [1.807, 2.05) is 0 Å². The molecule has 1 atom stereocenters. The van der Waals surface area contributed by atoms with Crippen molar-refractivity contribution >= 4 is 21.8 Å². The van der Waals surface area contributed by atoms with Crippen LogP contribution < -0.4 is 10.1 Å². The van der Waals surface area contributed by atoms with Gasteiger partial charge in [-0.2, -0.15) is 21.6 Å². The Kier molecular flexibility index (Phi) is 5.80. The Hall–Kier alpha value is -3.15. The first kappa shape index (κ1) is 22.1. The fourth-order valence-electron chi connectivity index (χ4n) is 3.73. The van der Waals surface area contributed by atoms with E-state index in [1.165, 1.54) is 24.4 Å². The fraction of sp³-hybridized carbons (Fsp3) is 0.350. The summed E-state index contributed by atoms with van der Waals surface area (Å²) in [6.07, 6.45) is -2.07. The summed E-state index contributed by atoms with van der Waals surface area (Å²) in [6, 6.07) is 8.80. The smallest absolute Gasteiger partial charge is 0.422 e. The van der Waals surface area contributed by atoms with Gasteiger partial charge < -0.3 is 15.0 Å². The number of amides is 1. The SMILES string of the molecule is O=C(NCc1cccnc1OCC(F)(F)F)[C@@H]1CCCN1C1=NS(=O)(=O)c2ccccc21. The van der Waals surface area contributed by atoms with Crippen LogP contribution in [0.1, 0.15) is 24.0 Å². The molecule has 0 bridgehead atoms. The molecule has 1 aromatic carbocycles. The lowest BCUT2D eigenvalue weighted by molar-refractivity contribution is -0.154. The summed E-state index contributed by atoms with van der Waals surface area (Å²) in [5.41, 5.74) is 0.739. The summed E-state index contributed by atoms with van der Waals surface area (Å²) >= 11 is 0. The van der Waals surface area contributed by atoms with E-state index in [1.54, 1.807) is 23.1 Å². The highest BCUT2D eigenvalue weighted by Gasteiger charge is 2.39. The number of sulfonamides is 1. The Morgan fingerprint density at radius 3 is 2.78 bits per heavy atom. The molecular formula is C20H19F3N4O4S. The molecule has 2 aliphatic rings. The number of alkyl halides is 3.